The lowest BCUT2D eigenvalue weighted by Gasteiger charge is -2.07. The fourth-order valence-corrected chi connectivity index (χ4v) is 2.00. The van der Waals surface area contributed by atoms with E-state index in [9.17, 15) is 13.2 Å². The Morgan fingerprint density at radius 1 is 1.15 bits per heavy atom. The van der Waals surface area contributed by atoms with E-state index in [1.54, 1.807) is 43.6 Å². The van der Waals surface area contributed by atoms with Gasteiger partial charge >= 0.3 is 12.2 Å². The average Bonchev–Trinajstić information content (AvgIpc) is 2.91. The van der Waals surface area contributed by atoms with Gasteiger partial charge in [0.15, 0.2) is 5.69 Å². The minimum Gasteiger partial charge on any atom is -0.424 e. The molecule has 3 aromatic rings. The zero-order valence-corrected chi connectivity index (χ0v) is 13.5. The number of aryl methyl sites for hydroxylation is 1. The molecule has 0 unspecified atom stereocenters. The molecule has 2 N–H and O–H groups in total. The monoisotopic (exact) mass is 362 g/mol. The molecule has 0 aliphatic rings. The van der Waals surface area contributed by atoms with Crippen LogP contribution in [0.1, 0.15) is 17.0 Å². The molecule has 10 heteroatoms. The van der Waals surface area contributed by atoms with E-state index < -0.39 is 11.9 Å². The Hall–Kier alpha value is -3.43. The lowest BCUT2D eigenvalue weighted by atomic mass is 10.2. The van der Waals surface area contributed by atoms with E-state index in [1.165, 1.54) is 4.68 Å². The zero-order chi connectivity index (χ0) is 18.7. The number of benzene rings is 1. The van der Waals surface area contributed by atoms with Crippen LogP contribution in [0.15, 0.2) is 47.8 Å². The van der Waals surface area contributed by atoms with Crippen molar-refractivity contribution < 1.29 is 17.9 Å². The average molecular weight is 362 g/mol. The van der Waals surface area contributed by atoms with Gasteiger partial charge in [0.25, 0.3) is 0 Å². The first-order chi connectivity index (χ1) is 12.3. The number of aromatic nitrogens is 4. The Kier molecular flexibility index (Phi) is 4.57. The van der Waals surface area contributed by atoms with Crippen molar-refractivity contribution in [3.05, 3.63) is 59.7 Å². The number of halogens is 3. The maximum atomic E-state index is 12.6. The highest BCUT2D eigenvalue weighted by Crippen LogP contribution is 2.28. The second kappa shape index (κ2) is 6.82. The standard InChI is InChI=1S/C16H13F3N6O/c1-10-9-25(14(20)23-10)22-8-11-2-4-12(5-3-11)26-15-21-7-6-13(24-15)16(17,18)19/h2-9H,1H3,(H2,20,23). The Morgan fingerprint density at radius 2 is 1.88 bits per heavy atom. The Labute approximate surface area is 146 Å². The Balaban J connectivity index is 1.71. The first-order valence-corrected chi connectivity index (χ1v) is 7.35. The van der Waals surface area contributed by atoms with Gasteiger partial charge in [0, 0.05) is 6.20 Å². The molecule has 0 saturated carbocycles. The highest BCUT2D eigenvalue weighted by molar-refractivity contribution is 5.79. The van der Waals surface area contributed by atoms with Gasteiger partial charge in [0.05, 0.1) is 18.1 Å². The molecular formula is C16H13F3N6O. The highest BCUT2D eigenvalue weighted by Gasteiger charge is 2.33. The van der Waals surface area contributed by atoms with Gasteiger partial charge in [-0.1, -0.05) is 0 Å². The van der Waals surface area contributed by atoms with E-state index in [0.29, 0.717) is 5.75 Å². The molecule has 2 aromatic heterocycles. The van der Waals surface area contributed by atoms with Gasteiger partial charge in [-0.3, -0.25) is 0 Å². The molecule has 0 atom stereocenters. The van der Waals surface area contributed by atoms with E-state index >= 15 is 0 Å². The third-order valence-electron chi connectivity index (χ3n) is 3.18. The van der Waals surface area contributed by atoms with Crippen LogP contribution < -0.4 is 10.5 Å². The smallest absolute Gasteiger partial charge is 0.424 e. The van der Waals surface area contributed by atoms with Gasteiger partial charge < -0.3 is 10.5 Å². The maximum Gasteiger partial charge on any atom is 0.433 e. The predicted molar refractivity (Wildman–Crippen MR) is 87.9 cm³/mol. The van der Waals surface area contributed by atoms with E-state index in [-0.39, 0.29) is 12.0 Å². The largest absolute Gasteiger partial charge is 0.433 e. The van der Waals surface area contributed by atoms with Gasteiger partial charge in [-0.2, -0.15) is 23.3 Å². The van der Waals surface area contributed by atoms with Crippen LogP contribution in [0.25, 0.3) is 0 Å². The van der Waals surface area contributed by atoms with Crippen LogP contribution in [0.3, 0.4) is 0 Å². The van der Waals surface area contributed by atoms with Crippen molar-refractivity contribution in [1.82, 2.24) is 19.6 Å². The highest BCUT2D eigenvalue weighted by atomic mass is 19.4. The molecule has 0 aliphatic carbocycles. The number of ether oxygens (including phenoxy) is 1. The van der Waals surface area contributed by atoms with Gasteiger partial charge in [-0.05, 0) is 42.8 Å². The van der Waals surface area contributed by atoms with Gasteiger partial charge in [0.1, 0.15) is 5.75 Å². The normalized spacial score (nSPS) is 11.8. The van der Waals surface area contributed by atoms with E-state index in [4.69, 9.17) is 10.5 Å². The summed E-state index contributed by atoms with van der Waals surface area (Å²) in [5.41, 5.74) is 6.08. The molecule has 1 aromatic carbocycles. The van der Waals surface area contributed by atoms with Crippen molar-refractivity contribution in [3.63, 3.8) is 0 Å². The SMILES string of the molecule is Cc1cn(N=Cc2ccc(Oc3nccc(C(F)(F)F)n3)cc2)c(N)n1. The Morgan fingerprint density at radius 3 is 2.50 bits per heavy atom. The summed E-state index contributed by atoms with van der Waals surface area (Å²) in [6.45, 7) is 1.80. The lowest BCUT2D eigenvalue weighted by molar-refractivity contribution is -0.141. The summed E-state index contributed by atoms with van der Waals surface area (Å²) in [6, 6.07) is 6.86. The molecule has 2 heterocycles. The summed E-state index contributed by atoms with van der Waals surface area (Å²) in [6.07, 6.45) is -0.338. The predicted octanol–water partition coefficient (Wildman–Crippen LogP) is 3.26. The third kappa shape index (κ3) is 4.15. The molecule has 26 heavy (non-hydrogen) atoms. The first kappa shape index (κ1) is 17.4. The number of alkyl halides is 3. The molecule has 0 saturated heterocycles. The fourth-order valence-electron chi connectivity index (χ4n) is 2.00. The van der Waals surface area contributed by atoms with Crippen molar-refractivity contribution in [2.75, 3.05) is 5.73 Å². The van der Waals surface area contributed by atoms with E-state index in [1.807, 2.05) is 0 Å². The summed E-state index contributed by atoms with van der Waals surface area (Å²) >= 11 is 0. The van der Waals surface area contributed by atoms with Crippen molar-refractivity contribution >= 4 is 12.2 Å². The molecule has 0 fully saturated rings. The van der Waals surface area contributed by atoms with Crippen molar-refractivity contribution in [2.24, 2.45) is 5.10 Å². The molecule has 0 spiro atoms. The van der Waals surface area contributed by atoms with Crippen LogP contribution in [0.5, 0.6) is 11.8 Å². The fraction of sp³-hybridized carbons (Fsp3) is 0.125. The molecule has 3 rings (SSSR count). The minimum atomic E-state index is -4.56. The number of nitrogen functional groups attached to an aromatic ring is 1. The maximum absolute atomic E-state index is 12.6. The van der Waals surface area contributed by atoms with Crippen LogP contribution in [0.4, 0.5) is 19.1 Å². The van der Waals surface area contributed by atoms with Crippen LogP contribution in [0.2, 0.25) is 0 Å². The van der Waals surface area contributed by atoms with Crippen molar-refractivity contribution in [1.29, 1.82) is 0 Å². The molecular weight excluding hydrogens is 349 g/mol. The second-order valence-electron chi connectivity index (χ2n) is 5.22. The van der Waals surface area contributed by atoms with Crippen molar-refractivity contribution in [3.8, 4) is 11.8 Å². The number of anilines is 1. The molecule has 0 aliphatic heterocycles. The van der Waals surface area contributed by atoms with Gasteiger partial charge in [0.2, 0.25) is 5.95 Å². The van der Waals surface area contributed by atoms with Crippen molar-refractivity contribution in [2.45, 2.75) is 13.1 Å². The number of nitrogens with two attached hydrogens (primary N) is 1. The molecule has 0 radical (unpaired) electrons. The number of hydrogen-bond donors (Lipinski definition) is 1. The number of rotatable bonds is 4. The summed E-state index contributed by atoms with van der Waals surface area (Å²) in [5.74, 6) is 0.555. The van der Waals surface area contributed by atoms with Crippen LogP contribution >= 0.6 is 0 Å². The van der Waals surface area contributed by atoms with Gasteiger partial charge in [-0.25, -0.2) is 14.6 Å². The topological polar surface area (TPSA) is 91.2 Å². The number of imidazole rings is 1. The molecule has 0 bridgehead atoms. The summed E-state index contributed by atoms with van der Waals surface area (Å²) in [7, 11) is 0. The minimum absolute atomic E-state index is 0.264. The van der Waals surface area contributed by atoms with E-state index in [2.05, 4.69) is 20.1 Å². The summed E-state index contributed by atoms with van der Waals surface area (Å²) < 4.78 is 44.6. The molecule has 7 nitrogen and oxygen atoms in total. The van der Waals surface area contributed by atoms with Crippen LogP contribution in [0, 0.1) is 6.92 Å². The summed E-state index contributed by atoms with van der Waals surface area (Å²) in [5, 5.41) is 4.16. The van der Waals surface area contributed by atoms with Gasteiger partial charge in [-0.15, -0.1) is 0 Å². The summed E-state index contributed by atoms with van der Waals surface area (Å²) in [4.78, 5) is 11.0. The quantitative estimate of drug-likeness (QED) is 0.720. The lowest BCUT2D eigenvalue weighted by Crippen LogP contribution is -2.08. The zero-order valence-electron chi connectivity index (χ0n) is 13.5. The third-order valence-corrected chi connectivity index (χ3v) is 3.18. The van der Waals surface area contributed by atoms with E-state index in [0.717, 1.165) is 23.5 Å². The number of hydrogen-bond acceptors (Lipinski definition) is 6. The first-order valence-electron chi connectivity index (χ1n) is 7.35. The second-order valence-corrected chi connectivity index (χ2v) is 5.22. The number of nitrogens with zero attached hydrogens (tertiary/aromatic N) is 5. The van der Waals surface area contributed by atoms with Crippen LogP contribution in [-0.2, 0) is 6.18 Å². The van der Waals surface area contributed by atoms with Crippen LogP contribution in [-0.4, -0.2) is 25.8 Å². The molecule has 134 valence electrons. The molecule has 0 amide bonds. The Bertz CT molecular complexity index is 934.